The van der Waals surface area contributed by atoms with Crippen LogP contribution >= 0.6 is 11.8 Å². The van der Waals surface area contributed by atoms with Crippen molar-refractivity contribution < 1.29 is 0 Å². The molecule has 0 fully saturated rings. The predicted molar refractivity (Wildman–Crippen MR) is 38.0 cm³/mol. The lowest BCUT2D eigenvalue weighted by molar-refractivity contribution is 1.19. The third-order valence-corrected chi connectivity index (χ3v) is 1.81. The van der Waals surface area contributed by atoms with E-state index in [0.29, 0.717) is 0 Å². The van der Waals surface area contributed by atoms with Crippen LogP contribution in [-0.4, -0.2) is 5.87 Å². The standard InChI is InChI=1S/C6H7NS/c1-2-6-5-7-3-4-8-6/h4-5H,2H2,1H3. The Labute approximate surface area is 53.2 Å². The number of nitrogens with zero attached hydrogens (tertiary/aromatic N) is 1. The maximum Gasteiger partial charge on any atom is 0.0467 e. The van der Waals surface area contributed by atoms with Gasteiger partial charge in [-0.25, -0.2) is 4.99 Å². The van der Waals surface area contributed by atoms with Gasteiger partial charge in [0.05, 0.1) is 0 Å². The van der Waals surface area contributed by atoms with Crippen molar-refractivity contribution in [3.8, 4) is 0 Å². The highest BCUT2D eigenvalue weighted by atomic mass is 32.2. The van der Waals surface area contributed by atoms with Crippen molar-refractivity contribution in [1.29, 1.82) is 0 Å². The molecular weight excluding hydrogens is 118 g/mol. The summed E-state index contributed by atoms with van der Waals surface area (Å²) in [5.41, 5.74) is 0. The molecule has 1 nitrogen and oxygen atoms in total. The Morgan fingerprint density at radius 3 is 3.12 bits per heavy atom. The maximum absolute atomic E-state index is 3.84. The summed E-state index contributed by atoms with van der Waals surface area (Å²) in [6.45, 7) is 2.12. The Bertz CT molecular complexity index is 163. The van der Waals surface area contributed by atoms with Crippen molar-refractivity contribution in [2.75, 3.05) is 0 Å². The lowest BCUT2D eigenvalue weighted by Crippen LogP contribution is -1.72. The third kappa shape index (κ3) is 1.25. The van der Waals surface area contributed by atoms with E-state index in [9.17, 15) is 0 Å². The summed E-state index contributed by atoms with van der Waals surface area (Å²) < 4.78 is 0. The monoisotopic (exact) mass is 125 g/mol. The van der Waals surface area contributed by atoms with Crippen LogP contribution in [0.4, 0.5) is 0 Å². The summed E-state index contributed by atoms with van der Waals surface area (Å²) in [7, 11) is 0. The summed E-state index contributed by atoms with van der Waals surface area (Å²) >= 11 is 1.69. The molecule has 0 amide bonds. The zero-order valence-electron chi connectivity index (χ0n) is 4.72. The van der Waals surface area contributed by atoms with Crippen LogP contribution in [0, 0.1) is 0 Å². The summed E-state index contributed by atoms with van der Waals surface area (Å²) in [4.78, 5) is 5.15. The van der Waals surface area contributed by atoms with Gasteiger partial charge in [-0.2, -0.15) is 0 Å². The number of allylic oxidation sites excluding steroid dienone is 1. The Morgan fingerprint density at radius 1 is 1.88 bits per heavy atom. The highest BCUT2D eigenvalue weighted by Crippen LogP contribution is 2.20. The average Bonchev–Trinajstić information content (AvgIpc) is 1.90. The molecule has 0 unspecified atom stereocenters. The quantitative estimate of drug-likeness (QED) is 0.523. The molecular formula is C6H7NS. The van der Waals surface area contributed by atoms with Gasteiger partial charge in [0.25, 0.3) is 0 Å². The van der Waals surface area contributed by atoms with Crippen molar-refractivity contribution in [3.05, 3.63) is 16.5 Å². The maximum atomic E-state index is 3.84. The molecule has 1 aliphatic rings. The summed E-state index contributed by atoms with van der Waals surface area (Å²) in [6, 6.07) is 0. The van der Waals surface area contributed by atoms with Gasteiger partial charge in [-0.1, -0.05) is 18.7 Å². The molecule has 2 heteroatoms. The van der Waals surface area contributed by atoms with E-state index in [1.54, 1.807) is 11.8 Å². The van der Waals surface area contributed by atoms with E-state index in [0.717, 1.165) is 6.42 Å². The largest absolute Gasteiger partial charge is 0.213 e. The lowest BCUT2D eigenvalue weighted by Gasteiger charge is -1.96. The van der Waals surface area contributed by atoms with Crippen LogP contribution in [0.2, 0.25) is 0 Å². The van der Waals surface area contributed by atoms with Gasteiger partial charge in [0, 0.05) is 16.5 Å². The van der Waals surface area contributed by atoms with Crippen molar-refractivity contribution in [1.82, 2.24) is 0 Å². The van der Waals surface area contributed by atoms with Gasteiger partial charge >= 0.3 is 0 Å². The molecule has 0 aromatic carbocycles. The molecule has 8 heavy (non-hydrogen) atoms. The van der Waals surface area contributed by atoms with E-state index in [2.05, 4.69) is 17.8 Å². The van der Waals surface area contributed by atoms with E-state index >= 15 is 0 Å². The minimum absolute atomic E-state index is 1.08. The first-order valence-corrected chi connectivity index (χ1v) is 3.44. The summed E-state index contributed by atoms with van der Waals surface area (Å²) in [5, 5.41) is 1.87. The molecule has 0 N–H and O–H groups in total. The van der Waals surface area contributed by atoms with Crippen LogP contribution in [0.15, 0.2) is 21.5 Å². The van der Waals surface area contributed by atoms with Gasteiger partial charge < -0.3 is 0 Å². The zero-order chi connectivity index (χ0) is 5.82. The van der Waals surface area contributed by atoms with Crippen LogP contribution in [0.3, 0.4) is 0 Å². The molecule has 0 aromatic rings. The van der Waals surface area contributed by atoms with Gasteiger partial charge in [-0.05, 0) is 12.3 Å². The first-order chi connectivity index (χ1) is 3.93. The Balaban J connectivity index is 2.63. The van der Waals surface area contributed by atoms with E-state index in [4.69, 9.17) is 0 Å². The third-order valence-electron chi connectivity index (χ3n) is 0.895. The second-order valence-electron chi connectivity index (χ2n) is 1.44. The smallest absolute Gasteiger partial charge is 0.0467 e. The molecule has 0 aromatic heterocycles. The number of hydrogen-bond acceptors (Lipinski definition) is 2. The second-order valence-corrected chi connectivity index (χ2v) is 2.44. The van der Waals surface area contributed by atoms with Gasteiger partial charge in [0.15, 0.2) is 0 Å². The van der Waals surface area contributed by atoms with Crippen LogP contribution in [-0.2, 0) is 0 Å². The molecule has 42 valence electrons. The Kier molecular flexibility index (Phi) is 1.95. The van der Waals surface area contributed by atoms with E-state index in [1.165, 1.54) is 4.91 Å². The molecule has 1 rings (SSSR count). The van der Waals surface area contributed by atoms with Gasteiger partial charge in [-0.15, -0.1) is 0 Å². The normalized spacial score (nSPS) is 16.4. The molecule has 1 aliphatic heterocycles. The fraction of sp³-hybridized carbons (Fsp3) is 0.333. The summed E-state index contributed by atoms with van der Waals surface area (Å²) in [5.74, 6) is 2.74. The van der Waals surface area contributed by atoms with Crippen molar-refractivity contribution in [3.63, 3.8) is 0 Å². The highest BCUT2D eigenvalue weighted by molar-refractivity contribution is 8.06. The SMILES string of the molecule is CCC1=CN=C=CS1. The molecule has 0 aliphatic carbocycles. The fourth-order valence-corrected chi connectivity index (χ4v) is 0.992. The van der Waals surface area contributed by atoms with Crippen molar-refractivity contribution in [2.45, 2.75) is 13.3 Å². The second kappa shape index (κ2) is 2.75. The van der Waals surface area contributed by atoms with E-state index in [1.807, 2.05) is 11.6 Å². The zero-order valence-corrected chi connectivity index (χ0v) is 5.53. The fourth-order valence-electron chi connectivity index (χ4n) is 0.447. The summed E-state index contributed by atoms with van der Waals surface area (Å²) in [6.07, 6.45) is 2.93. The van der Waals surface area contributed by atoms with E-state index in [-0.39, 0.29) is 0 Å². The number of hydrogen-bond donors (Lipinski definition) is 0. The van der Waals surface area contributed by atoms with Gasteiger partial charge in [0.1, 0.15) is 0 Å². The molecule has 0 saturated carbocycles. The molecule has 0 radical (unpaired) electrons. The Morgan fingerprint density at radius 2 is 2.75 bits per heavy atom. The minimum atomic E-state index is 1.08. The van der Waals surface area contributed by atoms with Crippen LogP contribution in [0.25, 0.3) is 0 Å². The average molecular weight is 125 g/mol. The van der Waals surface area contributed by atoms with Crippen molar-refractivity contribution in [2.24, 2.45) is 4.99 Å². The first-order valence-electron chi connectivity index (χ1n) is 2.56. The van der Waals surface area contributed by atoms with Crippen LogP contribution < -0.4 is 0 Å². The minimum Gasteiger partial charge on any atom is -0.213 e. The molecule has 0 bridgehead atoms. The number of aliphatic imine (C=N–C) groups is 1. The number of rotatable bonds is 1. The molecule has 0 saturated heterocycles. The van der Waals surface area contributed by atoms with Crippen LogP contribution in [0.1, 0.15) is 13.3 Å². The topological polar surface area (TPSA) is 12.4 Å². The Hall–Kier alpha value is -0.460. The van der Waals surface area contributed by atoms with Gasteiger partial charge in [-0.3, -0.25) is 0 Å². The predicted octanol–water partition coefficient (Wildman–Crippen LogP) is 2.17. The molecule has 0 spiro atoms. The number of thioether (sulfide) groups is 1. The molecule has 1 heterocycles. The highest BCUT2D eigenvalue weighted by Gasteiger charge is 1.91. The van der Waals surface area contributed by atoms with Crippen molar-refractivity contribution >= 4 is 17.6 Å². The first kappa shape index (κ1) is 5.67. The lowest BCUT2D eigenvalue weighted by atomic mass is 10.5. The van der Waals surface area contributed by atoms with E-state index < -0.39 is 0 Å². The van der Waals surface area contributed by atoms with Crippen LogP contribution in [0.5, 0.6) is 0 Å². The van der Waals surface area contributed by atoms with Gasteiger partial charge in [0.2, 0.25) is 0 Å². The molecule has 0 atom stereocenters.